The smallest absolute Gasteiger partial charge is 0.343 e. The molecule has 0 bridgehead atoms. The molecule has 4 rings (SSSR count). The van der Waals surface area contributed by atoms with E-state index >= 15 is 0 Å². The molecular formula is C25H28F3N3O2S. The van der Waals surface area contributed by atoms with Crippen molar-refractivity contribution < 1.29 is 18.0 Å². The van der Waals surface area contributed by atoms with Crippen LogP contribution in [-0.2, 0) is 11.0 Å². The molecule has 2 aromatic rings. The quantitative estimate of drug-likeness (QED) is 0.283. The molecule has 182 valence electrons. The summed E-state index contributed by atoms with van der Waals surface area (Å²) < 4.78 is 40.4. The molecule has 0 saturated heterocycles. The number of fused-ring (bicyclic) bond motifs is 1. The van der Waals surface area contributed by atoms with Crippen LogP contribution >= 0.6 is 11.8 Å². The first-order valence-corrected chi connectivity index (χ1v) is 12.5. The summed E-state index contributed by atoms with van der Waals surface area (Å²) in [5.41, 5.74) is -0.126. The van der Waals surface area contributed by atoms with Crippen molar-refractivity contribution in [3.63, 3.8) is 0 Å². The number of hydrogen-bond donors (Lipinski definition) is 2. The predicted octanol–water partition coefficient (Wildman–Crippen LogP) is 6.27. The van der Waals surface area contributed by atoms with E-state index in [2.05, 4.69) is 22.2 Å². The number of rotatable bonds is 6. The van der Waals surface area contributed by atoms with E-state index in [4.69, 9.17) is 0 Å². The maximum atomic E-state index is 13.5. The van der Waals surface area contributed by atoms with Crippen LogP contribution in [0.3, 0.4) is 0 Å². The molecule has 2 heterocycles. The number of carbonyl (C=O) groups excluding carboxylic acids is 1. The van der Waals surface area contributed by atoms with E-state index < -0.39 is 23.2 Å². The van der Waals surface area contributed by atoms with Gasteiger partial charge in [-0.1, -0.05) is 63.6 Å². The lowest BCUT2D eigenvalue weighted by atomic mass is 9.69. The first kappa shape index (κ1) is 24.6. The van der Waals surface area contributed by atoms with E-state index in [0.717, 1.165) is 37.1 Å². The highest BCUT2D eigenvalue weighted by Gasteiger charge is 2.43. The lowest BCUT2D eigenvalue weighted by Gasteiger charge is -2.38. The van der Waals surface area contributed by atoms with Gasteiger partial charge in [-0.05, 0) is 29.9 Å². The summed E-state index contributed by atoms with van der Waals surface area (Å²) in [6.07, 6.45) is -0.599. The van der Waals surface area contributed by atoms with Crippen LogP contribution < -0.4 is 10.9 Å². The first-order chi connectivity index (χ1) is 16.0. The van der Waals surface area contributed by atoms with Crippen LogP contribution in [0.4, 0.5) is 19.0 Å². The normalized spacial score (nSPS) is 19.5. The average molecular weight is 492 g/mol. The summed E-state index contributed by atoms with van der Waals surface area (Å²) in [5, 5.41) is 3.66. The number of benzene rings is 1. The number of alkyl halides is 3. The molecule has 1 aliphatic heterocycles. The SMILES string of the molecule is CCCCCSc1nc2c(c(=O)[nH]1)C(c1cccc(C(F)(F)F)c1)C1=C(CC(C)(C)CC1=O)N2. The highest BCUT2D eigenvalue weighted by atomic mass is 32.2. The number of hydrogen-bond acceptors (Lipinski definition) is 5. The maximum Gasteiger partial charge on any atom is 0.416 e. The molecule has 9 heteroatoms. The zero-order chi connectivity index (χ0) is 24.7. The Morgan fingerprint density at radius 3 is 2.65 bits per heavy atom. The van der Waals surface area contributed by atoms with Crippen LogP contribution in [0.1, 0.15) is 75.5 Å². The molecule has 0 saturated carbocycles. The van der Waals surface area contributed by atoms with Gasteiger partial charge in [0.1, 0.15) is 5.82 Å². The number of carbonyl (C=O) groups is 1. The number of allylic oxidation sites excluding steroid dienone is 2. The van der Waals surface area contributed by atoms with Crippen LogP contribution in [0.15, 0.2) is 45.5 Å². The van der Waals surface area contributed by atoms with Gasteiger partial charge in [-0.2, -0.15) is 13.2 Å². The van der Waals surface area contributed by atoms with Gasteiger partial charge in [-0.25, -0.2) is 4.98 Å². The monoisotopic (exact) mass is 491 g/mol. The van der Waals surface area contributed by atoms with E-state index in [-0.39, 0.29) is 28.7 Å². The zero-order valence-corrected chi connectivity index (χ0v) is 20.3. The van der Waals surface area contributed by atoms with Crippen LogP contribution in [0.2, 0.25) is 0 Å². The van der Waals surface area contributed by atoms with Gasteiger partial charge >= 0.3 is 6.18 Å². The molecule has 1 aliphatic carbocycles. The summed E-state index contributed by atoms with van der Waals surface area (Å²) in [6.45, 7) is 6.07. The Bertz CT molecular complexity index is 1200. The number of H-pyrrole nitrogens is 1. The van der Waals surface area contributed by atoms with Gasteiger partial charge in [0.05, 0.1) is 11.1 Å². The standard InChI is InChI=1S/C25H28F3N3O2S/c1-4-5-6-10-34-23-30-21-20(22(33)31-23)18(14-8-7-9-15(11-14)25(26,27)28)19-16(29-21)12-24(2,3)13-17(19)32/h7-9,11,18H,4-6,10,12-13H2,1-3H3,(H2,29,30,31,33). The number of Topliss-reactive ketones (excluding diaryl/α,β-unsaturated/α-hetero) is 1. The Balaban J connectivity index is 1.84. The summed E-state index contributed by atoms with van der Waals surface area (Å²) in [5.74, 6) is 0.0386. The number of halogens is 3. The van der Waals surface area contributed by atoms with Crippen molar-refractivity contribution >= 4 is 23.4 Å². The molecular weight excluding hydrogens is 463 g/mol. The Kier molecular flexibility index (Phi) is 6.68. The fraction of sp³-hybridized carbons (Fsp3) is 0.480. The number of thioether (sulfide) groups is 1. The minimum atomic E-state index is -4.54. The van der Waals surface area contributed by atoms with Gasteiger partial charge in [0.25, 0.3) is 5.56 Å². The van der Waals surface area contributed by atoms with E-state index in [1.54, 1.807) is 6.07 Å². The number of unbranched alkanes of at least 4 members (excludes halogenated alkanes) is 2. The van der Waals surface area contributed by atoms with Crippen molar-refractivity contribution in [2.75, 3.05) is 11.1 Å². The molecule has 34 heavy (non-hydrogen) atoms. The van der Waals surface area contributed by atoms with Crippen molar-refractivity contribution in [3.8, 4) is 0 Å². The van der Waals surface area contributed by atoms with E-state index in [1.165, 1.54) is 17.8 Å². The third kappa shape index (κ3) is 4.94. The van der Waals surface area contributed by atoms with E-state index in [0.29, 0.717) is 28.7 Å². The van der Waals surface area contributed by atoms with Gasteiger partial charge in [-0.3, -0.25) is 9.59 Å². The predicted molar refractivity (Wildman–Crippen MR) is 127 cm³/mol. The second-order valence-corrected chi connectivity index (χ2v) is 10.8. The number of aromatic nitrogens is 2. The van der Waals surface area contributed by atoms with Gasteiger partial charge in [0.15, 0.2) is 10.9 Å². The third-order valence-corrected chi connectivity index (χ3v) is 7.19. The molecule has 0 radical (unpaired) electrons. The number of ketones is 1. The van der Waals surface area contributed by atoms with Gasteiger partial charge in [0, 0.05) is 29.4 Å². The van der Waals surface area contributed by atoms with Crippen molar-refractivity contribution in [1.29, 1.82) is 0 Å². The van der Waals surface area contributed by atoms with E-state index in [1.807, 2.05) is 13.8 Å². The maximum absolute atomic E-state index is 13.5. The topological polar surface area (TPSA) is 74.8 Å². The van der Waals surface area contributed by atoms with Crippen molar-refractivity contribution in [3.05, 3.63) is 62.6 Å². The summed E-state index contributed by atoms with van der Waals surface area (Å²) in [7, 11) is 0. The largest absolute Gasteiger partial charge is 0.416 e. The van der Waals surface area contributed by atoms with Crippen LogP contribution in [0.5, 0.6) is 0 Å². The molecule has 1 aromatic heterocycles. The van der Waals surface area contributed by atoms with Crippen LogP contribution in [0.25, 0.3) is 0 Å². The highest BCUT2D eigenvalue weighted by Crippen LogP contribution is 2.48. The number of aromatic amines is 1. The van der Waals surface area contributed by atoms with Gasteiger partial charge in [0.2, 0.25) is 0 Å². The second-order valence-electron chi connectivity index (χ2n) is 9.70. The highest BCUT2D eigenvalue weighted by molar-refractivity contribution is 7.99. The van der Waals surface area contributed by atoms with Crippen LogP contribution in [-0.4, -0.2) is 21.5 Å². The van der Waals surface area contributed by atoms with Gasteiger partial charge < -0.3 is 10.3 Å². The summed E-state index contributed by atoms with van der Waals surface area (Å²) in [6, 6.07) is 4.88. The number of nitrogens with zero attached hydrogens (tertiary/aromatic N) is 1. The lowest BCUT2D eigenvalue weighted by molar-refractivity contribution is -0.137. The Morgan fingerprint density at radius 1 is 1.18 bits per heavy atom. The minimum absolute atomic E-state index is 0.163. The van der Waals surface area contributed by atoms with Crippen molar-refractivity contribution in [2.45, 2.75) is 70.1 Å². The van der Waals surface area contributed by atoms with E-state index in [9.17, 15) is 22.8 Å². The first-order valence-electron chi connectivity index (χ1n) is 11.5. The number of anilines is 1. The molecule has 5 nitrogen and oxygen atoms in total. The van der Waals surface area contributed by atoms with Crippen LogP contribution in [0, 0.1) is 5.41 Å². The van der Waals surface area contributed by atoms with Crippen molar-refractivity contribution in [2.24, 2.45) is 5.41 Å². The zero-order valence-electron chi connectivity index (χ0n) is 19.4. The van der Waals surface area contributed by atoms with Gasteiger partial charge in [-0.15, -0.1) is 0 Å². The fourth-order valence-electron chi connectivity index (χ4n) is 4.71. The molecule has 0 amide bonds. The molecule has 2 aliphatic rings. The third-order valence-electron chi connectivity index (χ3n) is 6.23. The Morgan fingerprint density at radius 2 is 1.94 bits per heavy atom. The molecule has 2 N–H and O–H groups in total. The number of nitrogens with one attached hydrogen (secondary N) is 2. The minimum Gasteiger partial charge on any atom is -0.343 e. The molecule has 0 fully saturated rings. The Labute approximate surface area is 200 Å². The lowest BCUT2D eigenvalue weighted by Crippen LogP contribution is -2.37. The summed E-state index contributed by atoms with van der Waals surface area (Å²) >= 11 is 1.44. The fourth-order valence-corrected chi connectivity index (χ4v) is 5.57. The average Bonchev–Trinajstić information content (AvgIpc) is 2.74. The second kappa shape index (κ2) is 9.24. The molecule has 1 aromatic carbocycles. The van der Waals surface area contributed by atoms with Crippen molar-refractivity contribution in [1.82, 2.24) is 9.97 Å². The molecule has 1 unspecified atom stereocenters. The molecule has 0 spiro atoms. The molecule has 1 atom stereocenters. The Hall–Kier alpha value is -2.55. The summed E-state index contributed by atoms with van der Waals surface area (Å²) in [4.78, 5) is 33.9.